The molecule has 1 rings (SSSR count). The lowest BCUT2D eigenvalue weighted by Gasteiger charge is -2.15. The van der Waals surface area contributed by atoms with Crippen molar-refractivity contribution < 1.29 is 4.74 Å². The molecule has 0 aliphatic carbocycles. The summed E-state index contributed by atoms with van der Waals surface area (Å²) < 4.78 is 4.98. The molecule has 0 bridgehead atoms. The van der Waals surface area contributed by atoms with Crippen LogP contribution in [0.1, 0.15) is 20.8 Å². The van der Waals surface area contributed by atoms with Crippen LogP contribution >= 0.6 is 0 Å². The zero-order chi connectivity index (χ0) is 11.3. The first-order chi connectivity index (χ1) is 7.13. The molecular formula is C11H19N3O. The van der Waals surface area contributed by atoms with Crippen LogP contribution in [0.25, 0.3) is 0 Å². The van der Waals surface area contributed by atoms with Crippen molar-refractivity contribution >= 4 is 5.95 Å². The highest BCUT2D eigenvalue weighted by atomic mass is 16.5. The molecule has 4 heteroatoms. The van der Waals surface area contributed by atoms with Crippen molar-refractivity contribution in [1.29, 1.82) is 0 Å². The van der Waals surface area contributed by atoms with E-state index in [0.717, 1.165) is 6.54 Å². The van der Waals surface area contributed by atoms with Crippen LogP contribution in [0.15, 0.2) is 12.4 Å². The maximum atomic E-state index is 4.98. The number of methoxy groups -OCH3 is 1. The number of anilines is 1. The summed E-state index contributed by atoms with van der Waals surface area (Å²) in [5.41, 5.74) is 0. The van der Waals surface area contributed by atoms with Crippen molar-refractivity contribution in [2.24, 2.45) is 11.8 Å². The Morgan fingerprint density at radius 1 is 1.27 bits per heavy atom. The van der Waals surface area contributed by atoms with Gasteiger partial charge in [-0.2, -0.15) is 0 Å². The van der Waals surface area contributed by atoms with Gasteiger partial charge in [0.25, 0.3) is 0 Å². The molecule has 0 amide bonds. The van der Waals surface area contributed by atoms with E-state index in [-0.39, 0.29) is 0 Å². The Bertz CT molecular complexity index is 284. The largest absolute Gasteiger partial charge is 0.494 e. The molecule has 0 fully saturated rings. The van der Waals surface area contributed by atoms with Gasteiger partial charge in [-0.3, -0.25) is 0 Å². The number of rotatable bonds is 5. The molecule has 1 unspecified atom stereocenters. The van der Waals surface area contributed by atoms with Gasteiger partial charge in [0, 0.05) is 6.54 Å². The molecule has 84 valence electrons. The third kappa shape index (κ3) is 3.73. The summed E-state index contributed by atoms with van der Waals surface area (Å²) in [4.78, 5) is 8.27. The van der Waals surface area contributed by atoms with E-state index in [1.165, 1.54) is 0 Å². The smallest absolute Gasteiger partial charge is 0.222 e. The lowest BCUT2D eigenvalue weighted by Crippen LogP contribution is -2.17. The molecule has 15 heavy (non-hydrogen) atoms. The van der Waals surface area contributed by atoms with Crippen molar-refractivity contribution in [3.05, 3.63) is 12.4 Å². The Kier molecular flexibility index (Phi) is 4.34. The summed E-state index contributed by atoms with van der Waals surface area (Å²) in [6.07, 6.45) is 3.32. The molecule has 0 spiro atoms. The predicted octanol–water partition coefficient (Wildman–Crippen LogP) is 2.19. The van der Waals surface area contributed by atoms with Gasteiger partial charge in [0.05, 0.1) is 19.5 Å². The topological polar surface area (TPSA) is 47.0 Å². The fraction of sp³-hybridized carbons (Fsp3) is 0.636. The molecule has 0 aliphatic rings. The van der Waals surface area contributed by atoms with Gasteiger partial charge in [0.1, 0.15) is 0 Å². The predicted molar refractivity (Wildman–Crippen MR) is 61.1 cm³/mol. The van der Waals surface area contributed by atoms with E-state index in [9.17, 15) is 0 Å². The molecule has 4 nitrogen and oxygen atoms in total. The number of hydrogen-bond donors (Lipinski definition) is 1. The number of hydrogen-bond acceptors (Lipinski definition) is 4. The summed E-state index contributed by atoms with van der Waals surface area (Å²) in [5, 5.41) is 3.20. The minimum atomic E-state index is 0.607. The third-order valence-corrected chi connectivity index (χ3v) is 2.58. The van der Waals surface area contributed by atoms with Gasteiger partial charge in [0.15, 0.2) is 5.75 Å². The first-order valence-corrected chi connectivity index (χ1v) is 5.23. The van der Waals surface area contributed by atoms with E-state index >= 15 is 0 Å². The van der Waals surface area contributed by atoms with Gasteiger partial charge in [-0.1, -0.05) is 20.8 Å². The van der Waals surface area contributed by atoms with Gasteiger partial charge in [-0.05, 0) is 11.8 Å². The Morgan fingerprint density at radius 3 is 2.33 bits per heavy atom. The van der Waals surface area contributed by atoms with Crippen LogP contribution in [-0.2, 0) is 0 Å². The second kappa shape index (κ2) is 5.53. The molecule has 1 heterocycles. The second-order valence-electron chi connectivity index (χ2n) is 4.05. The number of ether oxygens (including phenoxy) is 1. The van der Waals surface area contributed by atoms with E-state index in [4.69, 9.17) is 4.74 Å². The molecule has 0 saturated carbocycles. The van der Waals surface area contributed by atoms with Crippen LogP contribution < -0.4 is 10.1 Å². The monoisotopic (exact) mass is 209 g/mol. The van der Waals surface area contributed by atoms with Crippen molar-refractivity contribution in [3.8, 4) is 5.75 Å². The maximum absolute atomic E-state index is 4.98. The Morgan fingerprint density at radius 2 is 1.87 bits per heavy atom. The third-order valence-electron chi connectivity index (χ3n) is 2.58. The lowest BCUT2D eigenvalue weighted by molar-refractivity contribution is 0.410. The van der Waals surface area contributed by atoms with Crippen molar-refractivity contribution in [3.63, 3.8) is 0 Å². The number of nitrogens with zero attached hydrogens (tertiary/aromatic N) is 2. The maximum Gasteiger partial charge on any atom is 0.222 e. The van der Waals surface area contributed by atoms with E-state index in [1.54, 1.807) is 19.5 Å². The minimum Gasteiger partial charge on any atom is -0.494 e. The Balaban J connectivity index is 2.44. The zero-order valence-electron chi connectivity index (χ0n) is 9.82. The van der Waals surface area contributed by atoms with Crippen LogP contribution in [-0.4, -0.2) is 23.6 Å². The van der Waals surface area contributed by atoms with Crippen LogP contribution in [0.4, 0.5) is 5.95 Å². The summed E-state index contributed by atoms with van der Waals surface area (Å²) in [6.45, 7) is 7.52. The van der Waals surface area contributed by atoms with Crippen molar-refractivity contribution in [2.75, 3.05) is 19.0 Å². The molecule has 0 saturated heterocycles. The van der Waals surface area contributed by atoms with Crippen molar-refractivity contribution in [2.45, 2.75) is 20.8 Å². The highest BCUT2D eigenvalue weighted by Crippen LogP contribution is 2.11. The standard InChI is InChI=1S/C11H19N3O/c1-8(2)9(3)5-12-11-13-6-10(15-4)7-14-11/h6-9H,5H2,1-4H3,(H,12,13,14). The van der Waals surface area contributed by atoms with Crippen LogP contribution in [0.5, 0.6) is 5.75 Å². The van der Waals surface area contributed by atoms with E-state index in [1.807, 2.05) is 0 Å². The highest BCUT2D eigenvalue weighted by molar-refractivity contribution is 5.26. The average molecular weight is 209 g/mol. The van der Waals surface area contributed by atoms with Gasteiger partial charge in [0.2, 0.25) is 5.95 Å². The molecular weight excluding hydrogens is 190 g/mol. The molecule has 1 atom stereocenters. The normalized spacial score (nSPS) is 12.6. The Labute approximate surface area is 91.1 Å². The van der Waals surface area contributed by atoms with Gasteiger partial charge in [-0.15, -0.1) is 0 Å². The first-order valence-electron chi connectivity index (χ1n) is 5.23. The second-order valence-corrected chi connectivity index (χ2v) is 4.05. The molecule has 0 aromatic carbocycles. The lowest BCUT2D eigenvalue weighted by atomic mass is 9.98. The van der Waals surface area contributed by atoms with Crippen LogP contribution in [0, 0.1) is 11.8 Å². The van der Waals surface area contributed by atoms with Gasteiger partial charge in [-0.25, -0.2) is 9.97 Å². The fourth-order valence-electron chi connectivity index (χ4n) is 1.00. The van der Waals surface area contributed by atoms with Crippen LogP contribution in [0.3, 0.4) is 0 Å². The first kappa shape index (κ1) is 11.8. The van der Waals surface area contributed by atoms with Gasteiger partial charge < -0.3 is 10.1 Å². The summed E-state index contributed by atoms with van der Waals surface area (Å²) >= 11 is 0. The molecule has 1 N–H and O–H groups in total. The van der Waals surface area contributed by atoms with Gasteiger partial charge >= 0.3 is 0 Å². The Hall–Kier alpha value is -1.32. The van der Waals surface area contributed by atoms with E-state index in [2.05, 4.69) is 36.1 Å². The summed E-state index contributed by atoms with van der Waals surface area (Å²) in [5.74, 6) is 2.60. The summed E-state index contributed by atoms with van der Waals surface area (Å²) in [6, 6.07) is 0. The number of nitrogens with one attached hydrogen (secondary N) is 1. The minimum absolute atomic E-state index is 0.607. The molecule has 0 radical (unpaired) electrons. The molecule has 1 aromatic heterocycles. The molecule has 1 aromatic rings. The fourth-order valence-corrected chi connectivity index (χ4v) is 1.00. The SMILES string of the molecule is COc1cnc(NCC(C)C(C)C)nc1. The highest BCUT2D eigenvalue weighted by Gasteiger charge is 2.07. The van der Waals surface area contributed by atoms with Crippen LogP contribution in [0.2, 0.25) is 0 Å². The van der Waals surface area contributed by atoms with Crippen molar-refractivity contribution in [1.82, 2.24) is 9.97 Å². The van der Waals surface area contributed by atoms with E-state index in [0.29, 0.717) is 23.5 Å². The summed E-state index contributed by atoms with van der Waals surface area (Å²) in [7, 11) is 1.60. The van der Waals surface area contributed by atoms with E-state index < -0.39 is 0 Å². The zero-order valence-corrected chi connectivity index (χ0v) is 9.82. The molecule has 0 aliphatic heterocycles. The quantitative estimate of drug-likeness (QED) is 0.807. The average Bonchev–Trinajstić information content (AvgIpc) is 2.26. The number of aromatic nitrogens is 2.